The summed E-state index contributed by atoms with van der Waals surface area (Å²) in [4.78, 5) is 12.7. The number of benzene rings is 2. The minimum absolute atomic E-state index is 0.171. The summed E-state index contributed by atoms with van der Waals surface area (Å²) in [6, 6.07) is 13.0. The second-order valence-electron chi connectivity index (χ2n) is 6.71. The number of nitrogens with one attached hydrogen (secondary N) is 1. The van der Waals surface area contributed by atoms with E-state index in [4.69, 9.17) is 4.74 Å². The molecule has 2 heterocycles. The van der Waals surface area contributed by atoms with Gasteiger partial charge in [0.1, 0.15) is 17.4 Å². The van der Waals surface area contributed by atoms with Crippen LogP contribution in [0.1, 0.15) is 11.4 Å². The Balaban J connectivity index is 1.34. The van der Waals surface area contributed by atoms with Crippen molar-refractivity contribution in [1.29, 1.82) is 0 Å². The van der Waals surface area contributed by atoms with Crippen molar-refractivity contribution in [3.05, 3.63) is 59.7 Å². The van der Waals surface area contributed by atoms with E-state index in [1.807, 2.05) is 24.3 Å². The highest BCUT2D eigenvalue weighted by Gasteiger charge is 2.19. The molecule has 1 aromatic heterocycles. The lowest BCUT2D eigenvalue weighted by Gasteiger charge is -2.34. The van der Waals surface area contributed by atoms with E-state index in [9.17, 15) is 4.39 Å². The number of piperazine rings is 1. The van der Waals surface area contributed by atoms with Crippen LogP contribution in [0.2, 0.25) is 0 Å². The van der Waals surface area contributed by atoms with Gasteiger partial charge in [0.05, 0.1) is 24.7 Å². The first-order valence-corrected chi connectivity index (χ1v) is 8.92. The topological polar surface area (TPSA) is 44.4 Å². The molecule has 1 aliphatic heterocycles. The number of imidazole rings is 1. The summed E-state index contributed by atoms with van der Waals surface area (Å²) < 4.78 is 19.2. The van der Waals surface area contributed by atoms with Crippen molar-refractivity contribution in [2.75, 3.05) is 33.3 Å². The Hall–Kier alpha value is -2.44. The molecule has 1 aliphatic rings. The molecule has 0 unspecified atom stereocenters. The molecule has 0 bridgehead atoms. The molecule has 3 aromatic rings. The van der Waals surface area contributed by atoms with E-state index < -0.39 is 0 Å². The predicted octanol–water partition coefficient (Wildman–Crippen LogP) is 3.03. The summed E-state index contributed by atoms with van der Waals surface area (Å²) in [5.41, 5.74) is 2.78. The van der Waals surface area contributed by atoms with Crippen LogP contribution in [0, 0.1) is 5.82 Å². The van der Waals surface area contributed by atoms with E-state index >= 15 is 0 Å². The van der Waals surface area contributed by atoms with Crippen molar-refractivity contribution in [2.45, 2.75) is 13.1 Å². The van der Waals surface area contributed by atoms with Gasteiger partial charge in [0, 0.05) is 38.3 Å². The molecule has 1 saturated heterocycles. The van der Waals surface area contributed by atoms with Crippen molar-refractivity contribution in [2.24, 2.45) is 0 Å². The third-order valence-corrected chi connectivity index (χ3v) is 4.92. The van der Waals surface area contributed by atoms with E-state index in [0.717, 1.165) is 49.6 Å². The maximum absolute atomic E-state index is 14.0. The first kappa shape index (κ1) is 17.0. The highest BCUT2D eigenvalue weighted by atomic mass is 19.1. The van der Waals surface area contributed by atoms with E-state index in [0.29, 0.717) is 17.9 Å². The van der Waals surface area contributed by atoms with Crippen LogP contribution in [-0.2, 0) is 13.1 Å². The van der Waals surface area contributed by atoms with Gasteiger partial charge in [-0.3, -0.25) is 9.80 Å². The normalized spacial score (nSPS) is 16.2. The largest absolute Gasteiger partial charge is 0.497 e. The molecule has 4 rings (SSSR count). The van der Waals surface area contributed by atoms with Crippen LogP contribution in [0.5, 0.6) is 5.75 Å². The molecule has 0 atom stereocenters. The minimum atomic E-state index is -0.171. The zero-order chi connectivity index (χ0) is 17.9. The van der Waals surface area contributed by atoms with Gasteiger partial charge in [-0.05, 0) is 30.3 Å². The van der Waals surface area contributed by atoms with Crippen LogP contribution < -0.4 is 4.74 Å². The van der Waals surface area contributed by atoms with Crippen LogP contribution in [-0.4, -0.2) is 53.1 Å². The second kappa shape index (κ2) is 7.43. The fourth-order valence-electron chi connectivity index (χ4n) is 3.44. The third-order valence-electron chi connectivity index (χ3n) is 4.92. The van der Waals surface area contributed by atoms with Crippen molar-refractivity contribution < 1.29 is 9.13 Å². The Kier molecular flexibility index (Phi) is 4.86. The SMILES string of the molecule is COc1ccc(F)c(CN2CCN(Cc3nc4ccccc4[nH]3)CC2)c1. The molecule has 0 saturated carbocycles. The van der Waals surface area contributed by atoms with Gasteiger partial charge in [-0.15, -0.1) is 0 Å². The average Bonchev–Trinajstić information content (AvgIpc) is 3.07. The Labute approximate surface area is 152 Å². The van der Waals surface area contributed by atoms with Gasteiger partial charge in [0.15, 0.2) is 0 Å². The fourth-order valence-corrected chi connectivity index (χ4v) is 3.44. The Morgan fingerprint density at radius 2 is 1.77 bits per heavy atom. The van der Waals surface area contributed by atoms with Crippen molar-refractivity contribution in [3.8, 4) is 5.75 Å². The summed E-state index contributed by atoms with van der Waals surface area (Å²) in [5.74, 6) is 1.53. The maximum Gasteiger partial charge on any atom is 0.127 e. The summed E-state index contributed by atoms with van der Waals surface area (Å²) in [6.45, 7) is 5.15. The monoisotopic (exact) mass is 354 g/mol. The maximum atomic E-state index is 14.0. The lowest BCUT2D eigenvalue weighted by atomic mass is 10.1. The number of halogens is 1. The number of nitrogens with zero attached hydrogens (tertiary/aromatic N) is 3. The second-order valence-corrected chi connectivity index (χ2v) is 6.71. The Morgan fingerprint density at radius 1 is 1.04 bits per heavy atom. The van der Waals surface area contributed by atoms with Crippen LogP contribution in [0.25, 0.3) is 11.0 Å². The third kappa shape index (κ3) is 3.71. The Morgan fingerprint density at radius 3 is 2.50 bits per heavy atom. The summed E-state index contributed by atoms with van der Waals surface area (Å²) in [6.07, 6.45) is 0. The van der Waals surface area contributed by atoms with Crippen molar-refractivity contribution in [1.82, 2.24) is 19.8 Å². The predicted molar refractivity (Wildman–Crippen MR) is 99.6 cm³/mol. The number of H-pyrrole nitrogens is 1. The fraction of sp³-hybridized carbons (Fsp3) is 0.350. The molecular formula is C20H23FN4O. The van der Waals surface area contributed by atoms with Gasteiger partial charge in [-0.1, -0.05) is 12.1 Å². The van der Waals surface area contributed by atoms with Gasteiger partial charge in [-0.2, -0.15) is 0 Å². The Bertz CT molecular complexity index is 853. The molecule has 6 heteroatoms. The molecule has 5 nitrogen and oxygen atoms in total. The number of aromatic nitrogens is 2. The van der Waals surface area contributed by atoms with E-state index in [-0.39, 0.29) is 5.82 Å². The molecule has 0 amide bonds. The highest BCUT2D eigenvalue weighted by Crippen LogP contribution is 2.19. The number of hydrogen-bond donors (Lipinski definition) is 1. The molecule has 0 aliphatic carbocycles. The molecule has 1 fully saturated rings. The first-order chi connectivity index (χ1) is 12.7. The summed E-state index contributed by atoms with van der Waals surface area (Å²) in [5, 5.41) is 0. The van der Waals surface area contributed by atoms with E-state index in [2.05, 4.69) is 19.8 Å². The number of hydrogen-bond acceptors (Lipinski definition) is 4. The molecular weight excluding hydrogens is 331 g/mol. The molecule has 26 heavy (non-hydrogen) atoms. The zero-order valence-electron chi connectivity index (χ0n) is 14.9. The molecule has 0 spiro atoms. The van der Waals surface area contributed by atoms with Crippen LogP contribution in [0.15, 0.2) is 42.5 Å². The minimum Gasteiger partial charge on any atom is -0.497 e. The van der Waals surface area contributed by atoms with E-state index in [1.165, 1.54) is 6.07 Å². The van der Waals surface area contributed by atoms with Crippen molar-refractivity contribution in [3.63, 3.8) is 0 Å². The number of rotatable bonds is 5. The molecule has 0 radical (unpaired) electrons. The molecule has 136 valence electrons. The molecule has 1 N–H and O–H groups in total. The average molecular weight is 354 g/mol. The van der Waals surface area contributed by atoms with Gasteiger partial charge >= 0.3 is 0 Å². The van der Waals surface area contributed by atoms with Crippen LogP contribution in [0.4, 0.5) is 4.39 Å². The van der Waals surface area contributed by atoms with Gasteiger partial charge in [-0.25, -0.2) is 9.37 Å². The number of ether oxygens (including phenoxy) is 1. The van der Waals surface area contributed by atoms with Gasteiger partial charge in [0.2, 0.25) is 0 Å². The number of para-hydroxylation sites is 2. The number of aromatic amines is 1. The van der Waals surface area contributed by atoms with Gasteiger partial charge < -0.3 is 9.72 Å². The number of fused-ring (bicyclic) bond motifs is 1. The lowest BCUT2D eigenvalue weighted by molar-refractivity contribution is 0.119. The van der Waals surface area contributed by atoms with Crippen LogP contribution in [0.3, 0.4) is 0 Å². The van der Waals surface area contributed by atoms with Gasteiger partial charge in [0.25, 0.3) is 0 Å². The summed E-state index contributed by atoms with van der Waals surface area (Å²) >= 11 is 0. The smallest absolute Gasteiger partial charge is 0.127 e. The highest BCUT2D eigenvalue weighted by molar-refractivity contribution is 5.74. The zero-order valence-corrected chi connectivity index (χ0v) is 14.9. The standard InChI is InChI=1S/C20H23FN4O/c1-26-16-6-7-17(21)15(12-16)13-24-8-10-25(11-9-24)14-20-22-18-4-2-3-5-19(18)23-20/h2-7,12H,8-11,13-14H2,1H3,(H,22,23). The summed E-state index contributed by atoms with van der Waals surface area (Å²) in [7, 11) is 1.61. The lowest BCUT2D eigenvalue weighted by Crippen LogP contribution is -2.45. The molecule has 2 aromatic carbocycles. The van der Waals surface area contributed by atoms with Crippen molar-refractivity contribution >= 4 is 11.0 Å². The van der Waals surface area contributed by atoms with Crippen LogP contribution >= 0.6 is 0 Å². The quantitative estimate of drug-likeness (QED) is 0.765. The number of methoxy groups -OCH3 is 1. The first-order valence-electron chi connectivity index (χ1n) is 8.92. The van der Waals surface area contributed by atoms with E-state index in [1.54, 1.807) is 19.2 Å².